The number of carbonyl (C=O) groups excluding carboxylic acids is 19. The van der Waals surface area contributed by atoms with E-state index in [1.165, 1.54) is 11.8 Å². The van der Waals surface area contributed by atoms with Gasteiger partial charge in [-0.2, -0.15) is 0 Å². The Kier molecular flexibility index (Phi) is 71.1. The van der Waals surface area contributed by atoms with Crippen LogP contribution in [0.5, 0.6) is 0 Å². The van der Waals surface area contributed by atoms with Crippen LogP contribution in [0.2, 0.25) is 0 Å². The maximum absolute atomic E-state index is 14.6. The summed E-state index contributed by atoms with van der Waals surface area (Å²) in [4.78, 5) is 245. The van der Waals surface area contributed by atoms with Gasteiger partial charge in [0, 0.05) is 91.0 Å². The van der Waals surface area contributed by atoms with E-state index in [0.717, 1.165) is 36.6 Å². The van der Waals surface area contributed by atoms with Crippen molar-refractivity contribution in [1.29, 1.82) is 5.41 Å². The first-order chi connectivity index (χ1) is 64.5. The maximum atomic E-state index is 14.6. The largest absolute Gasteiger partial charge is 0.377 e. The van der Waals surface area contributed by atoms with E-state index >= 15 is 0 Å². The Bertz CT molecular complexity index is 3700. The molecule has 0 fully saturated rings. The van der Waals surface area contributed by atoms with Crippen molar-refractivity contribution in [1.82, 2.24) is 84.7 Å². The Hall–Kier alpha value is -11.4. The summed E-state index contributed by atoms with van der Waals surface area (Å²) in [6, 6.07) is -0.667. The lowest BCUT2D eigenvalue weighted by molar-refractivity contribution is -0.135. The smallest absolute Gasteiger partial charge is 0.246 e. The molecule has 0 unspecified atom stereocenters. The molecule has 0 aromatic heterocycles. The normalized spacial score (nSPS) is 12.5. The Balaban J connectivity index is 2.80. The Morgan fingerprint density at radius 1 is 0.373 bits per heavy atom. The second-order valence-electron chi connectivity index (χ2n) is 30.7. The van der Waals surface area contributed by atoms with Gasteiger partial charge in [0.05, 0.1) is 98.9 Å². The zero-order chi connectivity index (χ0) is 99.2. The van der Waals surface area contributed by atoms with Crippen LogP contribution < -0.4 is 97.0 Å². The molecule has 0 aliphatic carbocycles. The number of nitrogens with one attached hydrogen (secondary N) is 16. The van der Waals surface area contributed by atoms with E-state index in [0.29, 0.717) is 77.1 Å². The van der Waals surface area contributed by atoms with E-state index in [1.807, 2.05) is 30.3 Å². The van der Waals surface area contributed by atoms with Gasteiger partial charge in [-0.05, 0) is 101 Å². The molecule has 1 rings (SSSR count). The van der Waals surface area contributed by atoms with Gasteiger partial charge in [-0.1, -0.05) is 76.4 Å². The van der Waals surface area contributed by atoms with Crippen molar-refractivity contribution in [3.05, 3.63) is 42.5 Å². The van der Waals surface area contributed by atoms with Crippen LogP contribution in [0.25, 0.3) is 5.57 Å². The number of allylic oxidation sites excluding steroid dienone is 1. The summed E-state index contributed by atoms with van der Waals surface area (Å²) >= 11 is 0. The number of rotatable bonds is 87. The number of hydrogen-bond acceptors (Lipinski definition) is 30. The highest BCUT2D eigenvalue weighted by atomic mass is 16.5. The molecule has 0 heterocycles. The molecule has 0 saturated carbocycles. The van der Waals surface area contributed by atoms with Crippen molar-refractivity contribution in [2.24, 2.45) is 17.2 Å². The lowest BCUT2D eigenvalue weighted by Gasteiger charge is -2.28. The summed E-state index contributed by atoms with van der Waals surface area (Å²) in [5.74, 6) is -11.4. The fraction of sp³-hybridized carbons (Fsp3) is 0.678. The molecule has 0 aliphatic rings. The summed E-state index contributed by atoms with van der Waals surface area (Å²) < 4.78 is 42.8. The van der Waals surface area contributed by atoms with Crippen LogP contribution in [0.3, 0.4) is 0 Å². The van der Waals surface area contributed by atoms with Gasteiger partial charge in [0.1, 0.15) is 81.3 Å². The number of unbranched alkanes of at least 4 members (excludes halogenated alkanes) is 5. The quantitative estimate of drug-likeness (QED) is 0.0165. The van der Waals surface area contributed by atoms with Gasteiger partial charge in [0.25, 0.3) is 0 Å². The molecule has 17 amide bonds. The van der Waals surface area contributed by atoms with Crippen LogP contribution >= 0.6 is 0 Å². The van der Waals surface area contributed by atoms with Crippen LogP contribution in [-0.4, -0.2) is 351 Å². The minimum atomic E-state index is -1.61. The average molecular weight is 1900 g/mol. The van der Waals surface area contributed by atoms with Crippen molar-refractivity contribution in [2.45, 2.75) is 198 Å². The number of aldehydes is 2. The fourth-order valence-corrected chi connectivity index (χ4v) is 12.0. The highest BCUT2D eigenvalue weighted by Gasteiger charge is 2.34. The second-order valence-corrected chi connectivity index (χ2v) is 30.7. The standard InChI is InChI=1S/C87H146N20O27/c1-5-7-10-24-73(112)94-35-44-127-48-52-131-58-77(116)95-36-45-128-49-53-132-59-78(117)96-37-46-129-50-54-133-60-79(118)97-38-47-130-51-55-134-61-80(119)99-57-76(115)100-63(4)82(121)102-69(26-28-72(90)111)86(125)103-67(22-17-31-88)85(124)106-70(56-92-34-39-107(40-42-108)41-43-109)87(126)104-66(20-8-6-2)84(123)105-68(83(122)98-33-16-14-23-71(89)110)27-30-74(113)93-32-15-13-21-65(81(91)120)101-75(114)29-25-62(3)64-18-11-9-12-19-64/h9,11-12,18-19,31,42-43,63,65-70,88,92H,3,5-8,10,13-17,20-30,32-41,44-61H2,1-2,4H3,(H2,89,110)(H2,90,111)(H2,91,120)(H,93,113)(H,94,112)(H,95,116)(H,96,117)(H,97,118)(H,98,122)(H,99,119)(H,100,115)(H,101,114)(H,102,121)(H,103,125)(H,104,126)(H,105,123)(H,106,124)/t63-,65-,66-,67-,68-,69-,70-/m0/s1. The summed E-state index contributed by atoms with van der Waals surface area (Å²) in [6.45, 7) is 9.89. The third-order valence-corrected chi connectivity index (χ3v) is 19.4. The van der Waals surface area contributed by atoms with Crippen LogP contribution in [0.15, 0.2) is 36.9 Å². The van der Waals surface area contributed by atoms with E-state index in [4.69, 9.17) is 60.5 Å². The van der Waals surface area contributed by atoms with Gasteiger partial charge >= 0.3 is 0 Å². The fourth-order valence-electron chi connectivity index (χ4n) is 12.0. The molecule has 1 aromatic carbocycles. The number of ether oxygens (including phenoxy) is 8. The lowest BCUT2D eigenvalue weighted by atomic mass is 10.0. The summed E-state index contributed by atoms with van der Waals surface area (Å²) in [7, 11) is 0. The first-order valence-electron chi connectivity index (χ1n) is 45.5. The molecular weight excluding hydrogens is 1760 g/mol. The van der Waals surface area contributed by atoms with Crippen LogP contribution in [-0.2, 0) is 129 Å². The molecule has 756 valence electrons. The average Bonchev–Trinajstić information content (AvgIpc) is 0.861. The van der Waals surface area contributed by atoms with E-state index in [1.54, 1.807) is 6.92 Å². The zero-order valence-electron chi connectivity index (χ0n) is 77.7. The summed E-state index contributed by atoms with van der Waals surface area (Å²) in [5.41, 5.74) is 18.0. The van der Waals surface area contributed by atoms with Gasteiger partial charge < -0.3 is 150 Å². The number of primary amides is 3. The van der Waals surface area contributed by atoms with Crippen LogP contribution in [0, 0.1) is 5.41 Å². The van der Waals surface area contributed by atoms with E-state index in [-0.39, 0.29) is 220 Å². The monoisotopic (exact) mass is 1900 g/mol. The molecule has 0 aliphatic heterocycles. The molecule has 0 spiro atoms. The SMILES string of the molecule is C=C(CCC(=O)N[C@@H](CCCCNC(=O)CC[C@H](NC(=O)[C@H](CCCC)NC(=O)[C@H](CNCCN(CC=O)CC=O)NC(=O)[C@H](CCC=N)NC(=O)[C@H](CCC(N)=O)NC(=O)[C@H](C)NC(=O)CNC(=O)COCCOCCNC(=O)COCCOCCNC(=O)COCCOCCNC(=O)COCCOCCNC(=O)CCCCC)C(=O)NCCCCC(N)=O)C(N)=O)c1ccccc1. The number of carbonyl (C=O) groups is 19. The van der Waals surface area contributed by atoms with Crippen molar-refractivity contribution in [2.75, 3.05) is 184 Å². The minimum Gasteiger partial charge on any atom is -0.377 e. The molecule has 0 radical (unpaired) electrons. The molecule has 7 atom stereocenters. The summed E-state index contributed by atoms with van der Waals surface area (Å²) in [5, 5.41) is 47.1. The molecule has 0 bridgehead atoms. The van der Waals surface area contributed by atoms with E-state index in [9.17, 15) is 91.1 Å². The molecule has 22 N–H and O–H groups in total. The van der Waals surface area contributed by atoms with Crippen molar-refractivity contribution in [3.8, 4) is 0 Å². The molecule has 134 heavy (non-hydrogen) atoms. The van der Waals surface area contributed by atoms with Crippen molar-refractivity contribution < 1.29 is 129 Å². The molecular formula is C87H146N20O27. The Labute approximate surface area is 782 Å². The third-order valence-electron chi connectivity index (χ3n) is 19.4. The van der Waals surface area contributed by atoms with Crippen molar-refractivity contribution >= 4 is 125 Å². The summed E-state index contributed by atoms with van der Waals surface area (Å²) in [6.07, 6.45) is 6.38. The van der Waals surface area contributed by atoms with Gasteiger partial charge in [-0.25, -0.2) is 0 Å². The minimum absolute atomic E-state index is 0.00197. The zero-order valence-corrected chi connectivity index (χ0v) is 77.7. The molecule has 1 aromatic rings. The van der Waals surface area contributed by atoms with Crippen molar-refractivity contribution in [3.63, 3.8) is 0 Å². The van der Waals surface area contributed by atoms with Gasteiger partial charge in [0.2, 0.25) is 100 Å². The van der Waals surface area contributed by atoms with Crippen LogP contribution in [0.1, 0.15) is 161 Å². The number of hydrogen-bond donors (Lipinski definition) is 19. The first-order valence-corrected chi connectivity index (χ1v) is 45.5. The Morgan fingerprint density at radius 3 is 1.29 bits per heavy atom. The molecule has 0 saturated heterocycles. The number of amides is 17. The lowest BCUT2D eigenvalue weighted by Crippen LogP contribution is -2.61. The van der Waals surface area contributed by atoms with Gasteiger partial charge in [0.15, 0.2) is 0 Å². The molecule has 47 heteroatoms. The van der Waals surface area contributed by atoms with E-state index < -0.39 is 158 Å². The first kappa shape index (κ1) is 121. The predicted molar refractivity (Wildman–Crippen MR) is 488 cm³/mol. The molecule has 47 nitrogen and oxygen atoms in total. The highest BCUT2D eigenvalue weighted by Crippen LogP contribution is 2.18. The van der Waals surface area contributed by atoms with E-state index in [2.05, 4.69) is 93.3 Å². The predicted octanol–water partition coefficient (Wildman–Crippen LogP) is -5.31. The van der Waals surface area contributed by atoms with Gasteiger partial charge in [-0.3, -0.25) is 86.4 Å². The topological polar surface area (TPSA) is 684 Å². The Morgan fingerprint density at radius 2 is 0.791 bits per heavy atom. The third kappa shape index (κ3) is 65.2. The number of nitrogens with zero attached hydrogens (tertiary/aromatic N) is 1. The number of nitrogens with two attached hydrogens (primary N) is 3. The second kappa shape index (κ2) is 79.0. The van der Waals surface area contributed by atoms with Crippen LogP contribution in [0.4, 0.5) is 0 Å². The number of benzene rings is 1. The maximum Gasteiger partial charge on any atom is 0.246 e. The van der Waals surface area contributed by atoms with Gasteiger partial charge in [-0.15, -0.1) is 0 Å². The highest BCUT2D eigenvalue weighted by molar-refractivity contribution is 5.98.